The van der Waals surface area contributed by atoms with Gasteiger partial charge in [0.2, 0.25) is 0 Å². The maximum Gasteiger partial charge on any atom is 0.0541 e. The first-order valence-electron chi connectivity index (χ1n) is 2.51. The summed E-state index contributed by atoms with van der Waals surface area (Å²) in [6, 6.07) is 7.65. The Labute approximate surface area is 64.2 Å². The summed E-state index contributed by atoms with van der Waals surface area (Å²) in [7, 11) is 0. The lowest BCUT2D eigenvalue weighted by atomic mass is 10.4. The SMILES string of the molecule is [CH2]Sc1ccccc1Cl. The second kappa shape index (κ2) is 3.14. The standard InChI is InChI=1S/C7H6ClS/c1-9-7-5-3-2-4-6(7)8/h2-5H,1H2. The molecule has 0 saturated heterocycles. The maximum absolute atomic E-state index is 5.76. The lowest BCUT2D eigenvalue weighted by molar-refractivity contribution is 1.47. The molecule has 0 heterocycles. The molecule has 1 radical (unpaired) electrons. The Morgan fingerprint density at radius 1 is 1.33 bits per heavy atom. The molecular weight excluding hydrogens is 152 g/mol. The van der Waals surface area contributed by atoms with Crippen LogP contribution in [0, 0.1) is 6.26 Å². The number of thioether (sulfide) groups is 1. The summed E-state index contributed by atoms with van der Waals surface area (Å²) in [5.74, 6) is 0. The molecule has 2 heteroatoms. The minimum Gasteiger partial charge on any atom is -0.124 e. The molecule has 0 amide bonds. The molecule has 0 aliphatic rings. The highest BCUT2D eigenvalue weighted by molar-refractivity contribution is 8.00. The van der Waals surface area contributed by atoms with Crippen molar-refractivity contribution in [2.24, 2.45) is 0 Å². The predicted octanol–water partition coefficient (Wildman–Crippen LogP) is 3.22. The van der Waals surface area contributed by atoms with Gasteiger partial charge in [0.1, 0.15) is 0 Å². The van der Waals surface area contributed by atoms with E-state index in [1.54, 1.807) is 0 Å². The van der Waals surface area contributed by atoms with Gasteiger partial charge in [0.15, 0.2) is 0 Å². The molecule has 0 nitrogen and oxygen atoms in total. The third-order valence-corrected chi connectivity index (χ3v) is 2.10. The highest BCUT2D eigenvalue weighted by atomic mass is 35.5. The molecule has 0 aromatic heterocycles. The molecule has 0 aliphatic carbocycles. The summed E-state index contributed by atoms with van der Waals surface area (Å²) in [5, 5.41) is 0.775. The molecule has 0 saturated carbocycles. The minimum absolute atomic E-state index is 0.775. The van der Waals surface area contributed by atoms with Crippen LogP contribution in [0.3, 0.4) is 0 Å². The van der Waals surface area contributed by atoms with Gasteiger partial charge in [0, 0.05) is 11.2 Å². The average Bonchev–Trinajstić information content (AvgIpc) is 1.89. The normalized spacial score (nSPS) is 9.56. The van der Waals surface area contributed by atoms with Crippen LogP contribution in [0.15, 0.2) is 29.2 Å². The van der Waals surface area contributed by atoms with Gasteiger partial charge in [-0.05, 0) is 12.1 Å². The molecule has 1 aromatic carbocycles. The van der Waals surface area contributed by atoms with Gasteiger partial charge in [-0.15, -0.1) is 11.8 Å². The molecule has 0 N–H and O–H groups in total. The molecule has 1 rings (SSSR count). The van der Waals surface area contributed by atoms with Gasteiger partial charge in [-0.2, -0.15) is 0 Å². The second-order valence-electron chi connectivity index (χ2n) is 1.57. The first-order chi connectivity index (χ1) is 4.34. The van der Waals surface area contributed by atoms with Crippen LogP contribution in [0.5, 0.6) is 0 Å². The molecule has 0 atom stereocenters. The van der Waals surface area contributed by atoms with Crippen LogP contribution < -0.4 is 0 Å². The molecule has 47 valence electrons. The van der Waals surface area contributed by atoms with E-state index >= 15 is 0 Å². The first-order valence-corrected chi connectivity index (χ1v) is 3.87. The zero-order valence-electron chi connectivity index (χ0n) is 4.80. The van der Waals surface area contributed by atoms with Crippen molar-refractivity contribution in [1.82, 2.24) is 0 Å². The molecule has 0 bridgehead atoms. The van der Waals surface area contributed by atoms with Crippen LogP contribution in [0.2, 0.25) is 5.02 Å². The summed E-state index contributed by atoms with van der Waals surface area (Å²) < 4.78 is 0. The number of halogens is 1. The number of benzene rings is 1. The van der Waals surface area contributed by atoms with Crippen LogP contribution in [0.25, 0.3) is 0 Å². The van der Waals surface area contributed by atoms with Gasteiger partial charge in [-0.3, -0.25) is 0 Å². The molecule has 0 aliphatic heterocycles. The molecule has 0 spiro atoms. The Bertz CT molecular complexity index is 198. The number of rotatable bonds is 1. The van der Waals surface area contributed by atoms with Gasteiger partial charge in [0.05, 0.1) is 5.02 Å². The van der Waals surface area contributed by atoms with E-state index in [9.17, 15) is 0 Å². The molecular formula is C7H6ClS. The lowest BCUT2D eigenvalue weighted by Gasteiger charge is -1.95. The van der Waals surface area contributed by atoms with Crippen LogP contribution in [0.1, 0.15) is 0 Å². The third-order valence-electron chi connectivity index (χ3n) is 0.992. The van der Waals surface area contributed by atoms with Crippen molar-refractivity contribution in [1.29, 1.82) is 0 Å². The van der Waals surface area contributed by atoms with E-state index in [2.05, 4.69) is 6.26 Å². The fourth-order valence-electron chi connectivity index (χ4n) is 0.562. The summed E-state index contributed by atoms with van der Waals surface area (Å²) in [6.07, 6.45) is 3.65. The van der Waals surface area contributed by atoms with Crippen molar-refractivity contribution >= 4 is 23.4 Å². The predicted molar refractivity (Wildman–Crippen MR) is 42.7 cm³/mol. The average molecular weight is 158 g/mol. The minimum atomic E-state index is 0.775. The summed E-state index contributed by atoms with van der Waals surface area (Å²) >= 11 is 7.18. The van der Waals surface area contributed by atoms with Gasteiger partial charge < -0.3 is 0 Å². The van der Waals surface area contributed by atoms with Crippen molar-refractivity contribution < 1.29 is 0 Å². The van der Waals surface area contributed by atoms with Crippen molar-refractivity contribution in [2.45, 2.75) is 4.90 Å². The van der Waals surface area contributed by atoms with Gasteiger partial charge in [-0.1, -0.05) is 23.7 Å². The highest BCUT2D eigenvalue weighted by Crippen LogP contribution is 2.24. The zero-order valence-corrected chi connectivity index (χ0v) is 6.38. The molecule has 0 fully saturated rings. The van der Waals surface area contributed by atoms with Gasteiger partial charge in [-0.25, -0.2) is 0 Å². The topological polar surface area (TPSA) is 0 Å². The fourth-order valence-corrected chi connectivity index (χ4v) is 1.24. The first kappa shape index (κ1) is 6.97. The quantitative estimate of drug-likeness (QED) is 0.564. The third kappa shape index (κ3) is 1.63. The van der Waals surface area contributed by atoms with Crippen molar-refractivity contribution in [2.75, 3.05) is 0 Å². The number of hydrogen-bond donors (Lipinski definition) is 0. The lowest BCUT2D eigenvalue weighted by Crippen LogP contribution is -1.67. The Morgan fingerprint density at radius 3 is 2.44 bits per heavy atom. The van der Waals surface area contributed by atoms with E-state index in [-0.39, 0.29) is 0 Å². The molecule has 9 heavy (non-hydrogen) atoms. The number of hydrogen-bond acceptors (Lipinski definition) is 1. The van der Waals surface area contributed by atoms with E-state index in [0.29, 0.717) is 0 Å². The van der Waals surface area contributed by atoms with E-state index in [1.165, 1.54) is 11.8 Å². The monoisotopic (exact) mass is 157 g/mol. The summed E-state index contributed by atoms with van der Waals surface area (Å²) in [4.78, 5) is 1.03. The molecule has 0 unspecified atom stereocenters. The summed E-state index contributed by atoms with van der Waals surface area (Å²) in [5.41, 5.74) is 0. The van der Waals surface area contributed by atoms with E-state index < -0.39 is 0 Å². The van der Waals surface area contributed by atoms with Crippen molar-refractivity contribution in [3.05, 3.63) is 35.5 Å². The maximum atomic E-state index is 5.76. The Morgan fingerprint density at radius 2 is 2.00 bits per heavy atom. The Balaban J connectivity index is 3.01. The van der Waals surface area contributed by atoms with E-state index in [0.717, 1.165) is 9.92 Å². The fraction of sp³-hybridized carbons (Fsp3) is 0. The second-order valence-corrected chi connectivity index (χ2v) is 2.71. The molecule has 1 aromatic rings. The van der Waals surface area contributed by atoms with Crippen LogP contribution in [0.4, 0.5) is 0 Å². The largest absolute Gasteiger partial charge is 0.124 e. The smallest absolute Gasteiger partial charge is 0.0541 e. The summed E-state index contributed by atoms with van der Waals surface area (Å²) in [6.45, 7) is 0. The van der Waals surface area contributed by atoms with Gasteiger partial charge in [0.25, 0.3) is 0 Å². The zero-order chi connectivity index (χ0) is 6.69. The highest BCUT2D eigenvalue weighted by Gasteiger charge is 1.92. The van der Waals surface area contributed by atoms with Crippen LogP contribution in [-0.2, 0) is 0 Å². The van der Waals surface area contributed by atoms with Crippen molar-refractivity contribution in [3.63, 3.8) is 0 Å². The van der Waals surface area contributed by atoms with Gasteiger partial charge >= 0.3 is 0 Å². The van der Waals surface area contributed by atoms with Crippen LogP contribution >= 0.6 is 23.4 Å². The van der Waals surface area contributed by atoms with Crippen LogP contribution in [-0.4, -0.2) is 0 Å². The van der Waals surface area contributed by atoms with E-state index in [1.807, 2.05) is 24.3 Å². The Hall–Kier alpha value is -0.140. The Kier molecular flexibility index (Phi) is 2.43. The van der Waals surface area contributed by atoms with Crippen molar-refractivity contribution in [3.8, 4) is 0 Å². The van der Waals surface area contributed by atoms with E-state index in [4.69, 9.17) is 11.6 Å².